The summed E-state index contributed by atoms with van der Waals surface area (Å²) in [5.41, 5.74) is 1.25. The van der Waals surface area contributed by atoms with Gasteiger partial charge in [0.05, 0.1) is 6.61 Å². The van der Waals surface area contributed by atoms with Crippen molar-refractivity contribution < 1.29 is 4.74 Å². The molecule has 134 valence electrons. The first kappa shape index (κ1) is 17.5. The maximum atomic E-state index is 11.2. The topological polar surface area (TPSA) is 70.2 Å². The smallest absolute Gasteiger partial charge is 0.213 e. The van der Waals surface area contributed by atoms with E-state index in [1.165, 1.54) is 44.0 Å². The van der Waals surface area contributed by atoms with E-state index in [-0.39, 0.29) is 5.43 Å². The number of pyridine rings is 2. The fourth-order valence-electron chi connectivity index (χ4n) is 3.02. The summed E-state index contributed by atoms with van der Waals surface area (Å²) in [4.78, 5) is 21.0. The van der Waals surface area contributed by atoms with E-state index in [9.17, 15) is 4.79 Å². The molecule has 0 aromatic carbocycles. The predicted molar refractivity (Wildman–Crippen MR) is 99.0 cm³/mol. The Balaban J connectivity index is 1.39. The van der Waals surface area contributed by atoms with Crippen LogP contribution in [-0.2, 0) is 6.54 Å². The maximum absolute atomic E-state index is 11.2. The van der Waals surface area contributed by atoms with E-state index in [0.717, 1.165) is 25.3 Å². The second-order valence-electron chi connectivity index (χ2n) is 6.41. The van der Waals surface area contributed by atoms with Gasteiger partial charge >= 0.3 is 0 Å². The Morgan fingerprint density at radius 2 is 2.08 bits per heavy atom. The summed E-state index contributed by atoms with van der Waals surface area (Å²) < 4.78 is 5.76. The number of aromatic nitrogens is 2. The molecule has 6 nitrogen and oxygen atoms in total. The van der Waals surface area contributed by atoms with Gasteiger partial charge in [0.15, 0.2) is 5.43 Å². The molecule has 0 saturated carbocycles. The quantitative estimate of drug-likeness (QED) is 0.722. The lowest BCUT2D eigenvalue weighted by atomic mass is 10.1. The molecule has 3 heterocycles. The number of hydrogen-bond acceptors (Lipinski definition) is 5. The minimum absolute atomic E-state index is 0.00720. The van der Waals surface area contributed by atoms with Gasteiger partial charge < -0.3 is 15.0 Å². The Morgan fingerprint density at radius 3 is 2.92 bits per heavy atom. The maximum Gasteiger partial charge on any atom is 0.213 e. The number of piperidine rings is 1. The third-order valence-corrected chi connectivity index (χ3v) is 4.31. The van der Waals surface area contributed by atoms with Crippen LogP contribution in [0.15, 0.2) is 41.5 Å². The Hall–Kier alpha value is -2.34. The summed E-state index contributed by atoms with van der Waals surface area (Å²) in [6, 6.07) is 7.15. The van der Waals surface area contributed by atoms with E-state index >= 15 is 0 Å². The van der Waals surface area contributed by atoms with Crippen LogP contribution in [0.4, 0.5) is 5.82 Å². The van der Waals surface area contributed by atoms with Crippen LogP contribution < -0.4 is 15.5 Å². The fraction of sp³-hybridized carbons (Fsp3) is 0.474. The number of anilines is 1. The first-order chi connectivity index (χ1) is 12.3. The van der Waals surface area contributed by atoms with Crippen LogP contribution >= 0.6 is 0 Å². The van der Waals surface area contributed by atoms with Gasteiger partial charge in [-0.15, -0.1) is 0 Å². The SMILES string of the molecule is O=c1cc[nH]c(NCCCOc2cc(CN3CCCCC3)ccn2)c1. The molecule has 2 N–H and O–H groups in total. The van der Waals surface area contributed by atoms with Crippen molar-refractivity contribution in [3.63, 3.8) is 0 Å². The number of hydrogen-bond donors (Lipinski definition) is 2. The Labute approximate surface area is 148 Å². The van der Waals surface area contributed by atoms with E-state index in [4.69, 9.17) is 4.74 Å². The molecule has 0 amide bonds. The highest BCUT2D eigenvalue weighted by molar-refractivity contribution is 5.32. The Bertz CT molecular complexity index is 710. The number of H-pyrrole nitrogens is 1. The molecule has 0 aliphatic carbocycles. The highest BCUT2D eigenvalue weighted by Gasteiger charge is 2.10. The van der Waals surface area contributed by atoms with Gasteiger partial charge in [0.1, 0.15) is 5.82 Å². The summed E-state index contributed by atoms with van der Waals surface area (Å²) in [5, 5.41) is 3.17. The van der Waals surface area contributed by atoms with Gasteiger partial charge in [-0.25, -0.2) is 4.98 Å². The standard InChI is InChI=1S/C19H26N4O2/c24-17-6-9-21-18(14-17)20-7-4-12-25-19-13-16(5-8-22-19)15-23-10-2-1-3-11-23/h5-6,8-9,13-14H,1-4,7,10-12,15H2,(H2,20,21,24). The van der Waals surface area contributed by atoms with Gasteiger partial charge in [0.25, 0.3) is 0 Å². The van der Waals surface area contributed by atoms with E-state index in [1.807, 2.05) is 12.3 Å². The highest BCUT2D eigenvalue weighted by Crippen LogP contribution is 2.15. The zero-order chi connectivity index (χ0) is 17.3. The van der Waals surface area contributed by atoms with Crippen molar-refractivity contribution in [1.82, 2.24) is 14.9 Å². The summed E-state index contributed by atoms with van der Waals surface area (Å²) in [6.45, 7) is 4.66. The molecule has 0 unspecified atom stereocenters. The van der Waals surface area contributed by atoms with Gasteiger partial charge in [0.2, 0.25) is 5.88 Å². The van der Waals surface area contributed by atoms with Crippen LogP contribution in [0, 0.1) is 0 Å². The summed E-state index contributed by atoms with van der Waals surface area (Å²) in [7, 11) is 0. The molecule has 6 heteroatoms. The molecule has 2 aromatic rings. The first-order valence-electron chi connectivity index (χ1n) is 9.02. The lowest BCUT2D eigenvalue weighted by molar-refractivity contribution is 0.220. The van der Waals surface area contributed by atoms with E-state index in [2.05, 4.69) is 26.3 Å². The minimum Gasteiger partial charge on any atom is -0.478 e. The molecule has 3 rings (SSSR count). The predicted octanol–water partition coefficient (Wildman–Crippen LogP) is 2.64. The van der Waals surface area contributed by atoms with Gasteiger partial charge in [-0.3, -0.25) is 9.69 Å². The largest absolute Gasteiger partial charge is 0.478 e. The van der Waals surface area contributed by atoms with Crippen molar-refractivity contribution in [2.24, 2.45) is 0 Å². The number of rotatable bonds is 8. The third kappa shape index (κ3) is 5.90. The van der Waals surface area contributed by atoms with Crippen molar-refractivity contribution in [2.75, 3.05) is 31.6 Å². The van der Waals surface area contributed by atoms with Crippen LogP contribution in [-0.4, -0.2) is 41.1 Å². The second kappa shape index (κ2) is 9.22. The van der Waals surface area contributed by atoms with Crippen LogP contribution in [0.1, 0.15) is 31.2 Å². The number of aromatic amines is 1. The molecule has 1 aliphatic rings. The molecule has 0 atom stereocenters. The minimum atomic E-state index is -0.00720. The molecule has 1 aliphatic heterocycles. The monoisotopic (exact) mass is 342 g/mol. The summed E-state index contributed by atoms with van der Waals surface area (Å²) in [5.74, 6) is 1.41. The number of nitrogens with one attached hydrogen (secondary N) is 2. The van der Waals surface area contributed by atoms with Crippen molar-refractivity contribution in [3.8, 4) is 5.88 Å². The zero-order valence-corrected chi connectivity index (χ0v) is 14.5. The van der Waals surface area contributed by atoms with Crippen LogP contribution in [0.5, 0.6) is 5.88 Å². The van der Waals surface area contributed by atoms with E-state index in [1.54, 1.807) is 12.3 Å². The van der Waals surface area contributed by atoms with Crippen LogP contribution in [0.25, 0.3) is 0 Å². The molecule has 2 aromatic heterocycles. The van der Waals surface area contributed by atoms with Crippen LogP contribution in [0.3, 0.4) is 0 Å². The van der Waals surface area contributed by atoms with Gasteiger partial charge in [-0.1, -0.05) is 6.42 Å². The number of nitrogens with zero attached hydrogens (tertiary/aromatic N) is 2. The Morgan fingerprint density at radius 1 is 1.20 bits per heavy atom. The number of likely N-dealkylation sites (tertiary alicyclic amines) is 1. The average Bonchev–Trinajstić information content (AvgIpc) is 2.63. The van der Waals surface area contributed by atoms with Gasteiger partial charge in [-0.2, -0.15) is 0 Å². The van der Waals surface area contributed by atoms with Gasteiger partial charge in [-0.05, 0) is 44.0 Å². The van der Waals surface area contributed by atoms with Crippen LogP contribution in [0.2, 0.25) is 0 Å². The lowest BCUT2D eigenvalue weighted by Crippen LogP contribution is -2.29. The van der Waals surface area contributed by atoms with Gasteiger partial charge in [0, 0.05) is 43.7 Å². The summed E-state index contributed by atoms with van der Waals surface area (Å²) in [6.07, 6.45) is 8.24. The second-order valence-corrected chi connectivity index (χ2v) is 6.41. The molecule has 0 radical (unpaired) electrons. The van der Waals surface area contributed by atoms with Crippen molar-refractivity contribution in [2.45, 2.75) is 32.2 Å². The number of ether oxygens (including phenoxy) is 1. The molecule has 0 spiro atoms. The molecule has 1 saturated heterocycles. The zero-order valence-electron chi connectivity index (χ0n) is 14.5. The molecular weight excluding hydrogens is 316 g/mol. The molecule has 25 heavy (non-hydrogen) atoms. The highest BCUT2D eigenvalue weighted by atomic mass is 16.5. The molecule has 1 fully saturated rings. The molecule has 0 bridgehead atoms. The normalized spacial score (nSPS) is 15.0. The average molecular weight is 342 g/mol. The fourth-order valence-corrected chi connectivity index (χ4v) is 3.02. The van der Waals surface area contributed by atoms with Crippen molar-refractivity contribution in [3.05, 3.63) is 52.4 Å². The third-order valence-electron chi connectivity index (χ3n) is 4.31. The lowest BCUT2D eigenvalue weighted by Gasteiger charge is -2.26. The van der Waals surface area contributed by atoms with Crippen molar-refractivity contribution >= 4 is 5.82 Å². The van der Waals surface area contributed by atoms with Crippen molar-refractivity contribution in [1.29, 1.82) is 0 Å². The summed E-state index contributed by atoms with van der Waals surface area (Å²) >= 11 is 0. The Kier molecular flexibility index (Phi) is 6.45. The first-order valence-corrected chi connectivity index (χ1v) is 9.02. The molecular formula is C19H26N4O2. The van der Waals surface area contributed by atoms with E-state index < -0.39 is 0 Å². The van der Waals surface area contributed by atoms with E-state index in [0.29, 0.717) is 12.5 Å².